The highest BCUT2D eigenvalue weighted by atomic mass is 16.4. The van der Waals surface area contributed by atoms with Gasteiger partial charge in [0, 0.05) is 25.7 Å². The number of nitrogens with one attached hydrogen (secondary N) is 1. The van der Waals surface area contributed by atoms with E-state index in [1.807, 2.05) is 0 Å². The number of hydrogen-bond acceptors (Lipinski definition) is 4. The molecule has 1 aliphatic heterocycles. The number of aromatic nitrogens is 1. The fourth-order valence-corrected chi connectivity index (χ4v) is 2.09. The van der Waals surface area contributed by atoms with Gasteiger partial charge in [0.25, 0.3) is 6.01 Å². The van der Waals surface area contributed by atoms with Gasteiger partial charge in [0.15, 0.2) is 0 Å². The number of anilines is 1. The van der Waals surface area contributed by atoms with Gasteiger partial charge in [-0.05, 0) is 12.8 Å². The Hall–Kier alpha value is -1.03. The van der Waals surface area contributed by atoms with Gasteiger partial charge in [-0.25, -0.2) is 0 Å². The first-order chi connectivity index (χ1) is 8.25. The van der Waals surface area contributed by atoms with Crippen LogP contribution in [0.2, 0.25) is 0 Å². The molecule has 2 rings (SSSR count). The van der Waals surface area contributed by atoms with Crippen molar-refractivity contribution in [1.29, 1.82) is 0 Å². The van der Waals surface area contributed by atoms with Crippen LogP contribution in [0.25, 0.3) is 0 Å². The number of nitrogens with zero attached hydrogens (tertiary/aromatic N) is 2. The number of oxazole rings is 1. The third-order valence-electron chi connectivity index (χ3n) is 3.11. The van der Waals surface area contributed by atoms with Gasteiger partial charge in [-0.3, -0.25) is 0 Å². The zero-order valence-electron chi connectivity index (χ0n) is 10.9. The van der Waals surface area contributed by atoms with E-state index in [1.54, 1.807) is 6.26 Å². The quantitative estimate of drug-likeness (QED) is 0.873. The van der Waals surface area contributed by atoms with Crippen molar-refractivity contribution in [3.05, 3.63) is 12.0 Å². The molecular weight excluding hydrogens is 214 g/mol. The zero-order chi connectivity index (χ0) is 12.1. The van der Waals surface area contributed by atoms with E-state index in [4.69, 9.17) is 4.42 Å². The second-order valence-electron chi connectivity index (χ2n) is 5.06. The smallest absolute Gasteiger partial charge is 0.297 e. The standard InChI is InChI=1S/C13H23N3O/c1-11(2)14-9-12-10-17-13(15-12)16-7-5-3-4-6-8-16/h10-11,14H,3-9H2,1-2H3. The summed E-state index contributed by atoms with van der Waals surface area (Å²) >= 11 is 0. The highest BCUT2D eigenvalue weighted by Gasteiger charge is 2.14. The van der Waals surface area contributed by atoms with E-state index in [1.165, 1.54) is 25.7 Å². The fourth-order valence-electron chi connectivity index (χ4n) is 2.09. The molecule has 1 N–H and O–H groups in total. The van der Waals surface area contributed by atoms with Gasteiger partial charge >= 0.3 is 0 Å². The van der Waals surface area contributed by atoms with Crippen molar-refractivity contribution >= 4 is 6.01 Å². The number of rotatable bonds is 4. The molecule has 0 amide bonds. The van der Waals surface area contributed by atoms with Crippen LogP contribution < -0.4 is 10.2 Å². The van der Waals surface area contributed by atoms with Gasteiger partial charge in [-0.2, -0.15) is 4.98 Å². The molecule has 0 atom stereocenters. The third-order valence-corrected chi connectivity index (χ3v) is 3.11. The Morgan fingerprint density at radius 1 is 1.29 bits per heavy atom. The summed E-state index contributed by atoms with van der Waals surface area (Å²) in [6.45, 7) is 7.22. The van der Waals surface area contributed by atoms with Crippen molar-refractivity contribution in [1.82, 2.24) is 10.3 Å². The van der Waals surface area contributed by atoms with Gasteiger partial charge in [0.1, 0.15) is 6.26 Å². The van der Waals surface area contributed by atoms with Gasteiger partial charge in [0.2, 0.25) is 0 Å². The van der Waals surface area contributed by atoms with Crippen LogP contribution in [0.1, 0.15) is 45.2 Å². The molecule has 4 nitrogen and oxygen atoms in total. The molecule has 1 aromatic rings. The van der Waals surface area contributed by atoms with Gasteiger partial charge in [-0.1, -0.05) is 26.7 Å². The molecule has 17 heavy (non-hydrogen) atoms. The summed E-state index contributed by atoms with van der Waals surface area (Å²) in [6.07, 6.45) is 6.94. The molecule has 4 heteroatoms. The monoisotopic (exact) mass is 237 g/mol. The Bertz CT molecular complexity index is 327. The molecule has 0 aromatic carbocycles. The molecular formula is C13H23N3O. The topological polar surface area (TPSA) is 41.3 Å². The zero-order valence-corrected chi connectivity index (χ0v) is 10.9. The first-order valence-electron chi connectivity index (χ1n) is 6.68. The minimum Gasteiger partial charge on any atom is -0.432 e. The molecule has 96 valence electrons. The summed E-state index contributed by atoms with van der Waals surface area (Å²) in [5, 5.41) is 3.35. The highest BCUT2D eigenvalue weighted by Crippen LogP contribution is 2.18. The molecule has 1 aromatic heterocycles. The second-order valence-corrected chi connectivity index (χ2v) is 5.06. The molecule has 0 spiro atoms. The van der Waals surface area contributed by atoms with Crippen molar-refractivity contribution in [3.8, 4) is 0 Å². The van der Waals surface area contributed by atoms with E-state index in [2.05, 4.69) is 29.0 Å². The summed E-state index contributed by atoms with van der Waals surface area (Å²) in [4.78, 5) is 6.81. The van der Waals surface area contributed by atoms with E-state index in [9.17, 15) is 0 Å². The summed E-state index contributed by atoms with van der Waals surface area (Å²) in [6, 6.07) is 1.28. The van der Waals surface area contributed by atoms with Gasteiger partial charge < -0.3 is 14.6 Å². The van der Waals surface area contributed by atoms with Crippen LogP contribution in [-0.4, -0.2) is 24.1 Å². The summed E-state index contributed by atoms with van der Waals surface area (Å²) in [5.41, 5.74) is 0.998. The van der Waals surface area contributed by atoms with Gasteiger partial charge in [0.05, 0.1) is 5.69 Å². The maximum atomic E-state index is 5.57. The van der Waals surface area contributed by atoms with Crippen LogP contribution in [-0.2, 0) is 6.54 Å². The predicted molar refractivity (Wildman–Crippen MR) is 69.2 cm³/mol. The van der Waals surface area contributed by atoms with Crippen molar-refractivity contribution in [2.75, 3.05) is 18.0 Å². The molecule has 0 bridgehead atoms. The van der Waals surface area contributed by atoms with E-state index >= 15 is 0 Å². The molecule has 1 fully saturated rings. The van der Waals surface area contributed by atoms with Crippen LogP contribution in [0.5, 0.6) is 0 Å². The lowest BCUT2D eigenvalue weighted by molar-refractivity contribution is 0.530. The first-order valence-corrected chi connectivity index (χ1v) is 6.68. The molecule has 1 aliphatic rings. The maximum absolute atomic E-state index is 5.57. The van der Waals surface area contributed by atoms with E-state index in [0.29, 0.717) is 6.04 Å². The predicted octanol–water partition coefficient (Wildman–Crippen LogP) is 2.55. The van der Waals surface area contributed by atoms with Crippen molar-refractivity contribution in [2.24, 2.45) is 0 Å². The SMILES string of the molecule is CC(C)NCc1coc(N2CCCCCC2)n1. The highest BCUT2D eigenvalue weighted by molar-refractivity contribution is 5.27. The molecule has 0 saturated carbocycles. The Labute approximate surface area is 103 Å². The summed E-state index contributed by atoms with van der Waals surface area (Å²) < 4.78 is 5.57. The fraction of sp³-hybridized carbons (Fsp3) is 0.769. The van der Waals surface area contributed by atoms with E-state index in [-0.39, 0.29) is 0 Å². The largest absolute Gasteiger partial charge is 0.432 e. The lowest BCUT2D eigenvalue weighted by atomic mass is 10.2. The Kier molecular flexibility index (Phi) is 4.42. The van der Waals surface area contributed by atoms with Crippen LogP contribution in [0, 0.1) is 0 Å². The van der Waals surface area contributed by atoms with Crippen LogP contribution in [0.3, 0.4) is 0 Å². The molecule has 0 unspecified atom stereocenters. The minimum absolute atomic E-state index is 0.480. The van der Waals surface area contributed by atoms with Crippen LogP contribution in [0.4, 0.5) is 6.01 Å². The van der Waals surface area contributed by atoms with Gasteiger partial charge in [-0.15, -0.1) is 0 Å². The maximum Gasteiger partial charge on any atom is 0.297 e. The third kappa shape index (κ3) is 3.73. The van der Waals surface area contributed by atoms with Crippen molar-refractivity contribution < 1.29 is 4.42 Å². The molecule has 0 aliphatic carbocycles. The molecule has 2 heterocycles. The summed E-state index contributed by atoms with van der Waals surface area (Å²) in [7, 11) is 0. The Balaban J connectivity index is 1.92. The Morgan fingerprint density at radius 3 is 2.65 bits per heavy atom. The van der Waals surface area contributed by atoms with Crippen molar-refractivity contribution in [2.45, 2.75) is 52.1 Å². The van der Waals surface area contributed by atoms with Crippen LogP contribution in [0.15, 0.2) is 10.7 Å². The van der Waals surface area contributed by atoms with E-state index < -0.39 is 0 Å². The van der Waals surface area contributed by atoms with Crippen molar-refractivity contribution in [3.63, 3.8) is 0 Å². The average Bonchev–Trinajstić information content (AvgIpc) is 2.60. The Morgan fingerprint density at radius 2 is 2.00 bits per heavy atom. The average molecular weight is 237 g/mol. The lowest BCUT2D eigenvalue weighted by Crippen LogP contribution is -2.24. The van der Waals surface area contributed by atoms with Crippen LogP contribution >= 0.6 is 0 Å². The summed E-state index contributed by atoms with van der Waals surface area (Å²) in [5.74, 6) is 0. The molecule has 0 radical (unpaired) electrons. The van der Waals surface area contributed by atoms with E-state index in [0.717, 1.165) is 31.3 Å². The second kappa shape index (κ2) is 6.05. The number of hydrogen-bond donors (Lipinski definition) is 1. The minimum atomic E-state index is 0.480. The first kappa shape index (κ1) is 12.4. The normalized spacial score (nSPS) is 17.5. The lowest BCUT2D eigenvalue weighted by Gasteiger charge is -2.16. The molecule has 1 saturated heterocycles.